The lowest BCUT2D eigenvalue weighted by Gasteiger charge is -2.28. The number of nitrogens with zero attached hydrogens (tertiary/aromatic N) is 1. The molecule has 76 valence electrons. The largest absolute Gasteiger partial charge is 0.378 e. The second-order valence-corrected chi connectivity index (χ2v) is 3.80. The number of rotatable bonds is 2. The van der Waals surface area contributed by atoms with Gasteiger partial charge in [0.05, 0.1) is 25.4 Å². The number of hydrogen-bond donors (Lipinski definition) is 0. The van der Waals surface area contributed by atoms with Crippen LogP contribution in [0.5, 0.6) is 0 Å². The summed E-state index contributed by atoms with van der Waals surface area (Å²) in [7, 11) is 0. The van der Waals surface area contributed by atoms with E-state index in [1.807, 2.05) is 12.1 Å². The van der Waals surface area contributed by atoms with Crippen LogP contribution in [0.3, 0.4) is 0 Å². The second kappa shape index (κ2) is 4.66. The standard InChI is InChI=1S/C10H12FNOS/c11-14-10-3-1-9(2-4-10)12-5-7-13-8-6-12/h1-4H,5-8H2. The molecule has 1 fully saturated rings. The lowest BCUT2D eigenvalue weighted by Crippen LogP contribution is -2.36. The topological polar surface area (TPSA) is 12.5 Å². The first-order chi connectivity index (χ1) is 6.90. The van der Waals surface area contributed by atoms with Crippen LogP contribution in [0.25, 0.3) is 0 Å². The fraction of sp³-hybridized carbons (Fsp3) is 0.400. The van der Waals surface area contributed by atoms with Crippen LogP contribution < -0.4 is 4.90 Å². The summed E-state index contributed by atoms with van der Waals surface area (Å²) in [5.74, 6) is 0. The summed E-state index contributed by atoms with van der Waals surface area (Å²) in [5.41, 5.74) is 1.14. The van der Waals surface area contributed by atoms with Crippen molar-refractivity contribution in [3.05, 3.63) is 24.3 Å². The van der Waals surface area contributed by atoms with Crippen LogP contribution in [-0.4, -0.2) is 26.3 Å². The SMILES string of the molecule is FSc1ccc(N2CCOCC2)cc1. The Morgan fingerprint density at radius 1 is 1.14 bits per heavy atom. The van der Waals surface area contributed by atoms with Crippen molar-refractivity contribution in [2.45, 2.75) is 4.90 Å². The van der Waals surface area contributed by atoms with Gasteiger partial charge in [0.1, 0.15) is 0 Å². The summed E-state index contributed by atoms with van der Waals surface area (Å²) in [4.78, 5) is 2.90. The van der Waals surface area contributed by atoms with E-state index < -0.39 is 0 Å². The van der Waals surface area contributed by atoms with Crippen LogP contribution in [0.1, 0.15) is 0 Å². The normalized spacial score (nSPS) is 17.1. The summed E-state index contributed by atoms with van der Waals surface area (Å²) in [6.45, 7) is 3.39. The van der Waals surface area contributed by atoms with Gasteiger partial charge in [0.2, 0.25) is 0 Å². The molecule has 0 aromatic heterocycles. The van der Waals surface area contributed by atoms with Gasteiger partial charge in [-0.25, -0.2) is 0 Å². The highest BCUT2D eigenvalue weighted by Gasteiger charge is 2.10. The molecule has 1 aromatic carbocycles. The Bertz CT molecular complexity index is 285. The van der Waals surface area contributed by atoms with Crippen LogP contribution >= 0.6 is 12.1 Å². The Morgan fingerprint density at radius 2 is 1.79 bits per heavy atom. The quantitative estimate of drug-likeness (QED) is 0.749. The molecular weight excluding hydrogens is 201 g/mol. The van der Waals surface area contributed by atoms with Crippen molar-refractivity contribution in [3.63, 3.8) is 0 Å². The minimum Gasteiger partial charge on any atom is -0.378 e. The number of halogens is 1. The molecule has 0 bridgehead atoms. The van der Waals surface area contributed by atoms with Gasteiger partial charge in [-0.2, -0.15) is 3.89 Å². The van der Waals surface area contributed by atoms with Crippen LogP contribution in [0.2, 0.25) is 0 Å². The molecule has 0 saturated carbocycles. The summed E-state index contributed by atoms with van der Waals surface area (Å²) in [6, 6.07) is 7.51. The number of hydrogen-bond acceptors (Lipinski definition) is 3. The lowest BCUT2D eigenvalue weighted by atomic mass is 10.2. The summed E-state index contributed by atoms with van der Waals surface area (Å²) in [6.07, 6.45) is 0. The van der Waals surface area contributed by atoms with Crippen LogP contribution in [0, 0.1) is 0 Å². The van der Waals surface area contributed by atoms with Gasteiger partial charge >= 0.3 is 0 Å². The maximum absolute atomic E-state index is 12.2. The maximum Gasteiger partial charge on any atom is 0.0812 e. The number of ether oxygens (including phenoxy) is 1. The third-order valence-corrected chi connectivity index (χ3v) is 2.75. The minimum absolute atomic E-state index is 0.281. The van der Waals surface area contributed by atoms with E-state index in [1.54, 1.807) is 12.1 Å². The lowest BCUT2D eigenvalue weighted by molar-refractivity contribution is 0.122. The van der Waals surface area contributed by atoms with Crippen molar-refractivity contribution < 1.29 is 8.62 Å². The molecule has 1 aliphatic heterocycles. The summed E-state index contributed by atoms with van der Waals surface area (Å²) >= 11 is 0.281. The van der Waals surface area contributed by atoms with E-state index in [4.69, 9.17) is 4.74 Å². The van der Waals surface area contributed by atoms with Crippen molar-refractivity contribution in [1.82, 2.24) is 0 Å². The highest BCUT2D eigenvalue weighted by atomic mass is 32.2. The van der Waals surface area contributed by atoms with Crippen molar-refractivity contribution in [2.75, 3.05) is 31.2 Å². The molecule has 1 aromatic rings. The van der Waals surface area contributed by atoms with Gasteiger partial charge in [-0.05, 0) is 24.3 Å². The fourth-order valence-electron chi connectivity index (χ4n) is 1.53. The number of morpholine rings is 1. The minimum atomic E-state index is 0.281. The average Bonchev–Trinajstić information content (AvgIpc) is 2.30. The maximum atomic E-state index is 12.2. The molecule has 0 unspecified atom stereocenters. The van der Waals surface area contributed by atoms with Gasteiger partial charge in [-0.3, -0.25) is 0 Å². The molecule has 2 rings (SSSR count). The van der Waals surface area contributed by atoms with E-state index in [1.165, 1.54) is 0 Å². The van der Waals surface area contributed by atoms with Crippen molar-refractivity contribution in [3.8, 4) is 0 Å². The molecule has 14 heavy (non-hydrogen) atoms. The molecule has 2 nitrogen and oxygen atoms in total. The van der Waals surface area contributed by atoms with Gasteiger partial charge in [0.25, 0.3) is 0 Å². The summed E-state index contributed by atoms with van der Waals surface area (Å²) < 4.78 is 17.4. The average molecular weight is 213 g/mol. The zero-order chi connectivity index (χ0) is 9.80. The smallest absolute Gasteiger partial charge is 0.0812 e. The van der Waals surface area contributed by atoms with Gasteiger partial charge in [0, 0.05) is 23.7 Å². The molecular formula is C10H12FNOS. The molecule has 0 N–H and O–H groups in total. The highest BCUT2D eigenvalue weighted by Crippen LogP contribution is 2.23. The van der Waals surface area contributed by atoms with Gasteiger partial charge in [-0.1, -0.05) is 0 Å². The Labute approximate surface area is 87.3 Å². The molecule has 1 aliphatic rings. The molecule has 0 amide bonds. The molecule has 0 atom stereocenters. The zero-order valence-corrected chi connectivity index (χ0v) is 8.60. The first kappa shape index (κ1) is 9.80. The number of benzene rings is 1. The highest BCUT2D eigenvalue weighted by molar-refractivity contribution is 7.94. The van der Waals surface area contributed by atoms with Crippen molar-refractivity contribution >= 4 is 17.8 Å². The van der Waals surface area contributed by atoms with Crippen molar-refractivity contribution in [2.24, 2.45) is 0 Å². The molecule has 0 spiro atoms. The Balaban J connectivity index is 2.07. The van der Waals surface area contributed by atoms with Gasteiger partial charge in [-0.15, -0.1) is 0 Å². The Morgan fingerprint density at radius 3 is 2.36 bits per heavy atom. The van der Waals surface area contributed by atoms with Crippen LogP contribution in [0.4, 0.5) is 9.57 Å². The van der Waals surface area contributed by atoms with E-state index >= 15 is 0 Å². The second-order valence-electron chi connectivity index (χ2n) is 3.17. The first-order valence-corrected chi connectivity index (χ1v) is 5.33. The zero-order valence-electron chi connectivity index (χ0n) is 7.78. The van der Waals surface area contributed by atoms with E-state index in [9.17, 15) is 3.89 Å². The van der Waals surface area contributed by atoms with Crippen molar-refractivity contribution in [1.29, 1.82) is 0 Å². The third kappa shape index (κ3) is 2.19. The van der Waals surface area contributed by atoms with Gasteiger partial charge in [0.15, 0.2) is 0 Å². The first-order valence-electron chi connectivity index (χ1n) is 4.61. The molecule has 0 radical (unpaired) electrons. The fourth-order valence-corrected chi connectivity index (χ4v) is 1.77. The molecule has 4 heteroatoms. The molecule has 1 heterocycles. The van der Waals surface area contributed by atoms with E-state index in [-0.39, 0.29) is 12.1 Å². The Kier molecular flexibility index (Phi) is 3.26. The predicted octanol–water partition coefficient (Wildman–Crippen LogP) is 2.50. The predicted molar refractivity (Wildman–Crippen MR) is 56.4 cm³/mol. The monoisotopic (exact) mass is 213 g/mol. The van der Waals surface area contributed by atoms with E-state index in [0.717, 1.165) is 32.0 Å². The van der Waals surface area contributed by atoms with E-state index in [0.29, 0.717) is 4.90 Å². The van der Waals surface area contributed by atoms with Gasteiger partial charge < -0.3 is 9.64 Å². The summed E-state index contributed by atoms with van der Waals surface area (Å²) in [5, 5.41) is 0. The van der Waals surface area contributed by atoms with E-state index in [2.05, 4.69) is 4.90 Å². The molecule has 0 aliphatic carbocycles. The van der Waals surface area contributed by atoms with Crippen LogP contribution in [0.15, 0.2) is 29.2 Å². The number of anilines is 1. The third-order valence-electron chi connectivity index (χ3n) is 2.30. The Hall–Kier alpha value is -0.740. The van der Waals surface area contributed by atoms with Crippen LogP contribution in [-0.2, 0) is 4.74 Å². The molecule has 1 saturated heterocycles.